The van der Waals surface area contributed by atoms with Crippen LogP contribution in [0.2, 0.25) is 0 Å². The highest BCUT2D eigenvalue weighted by Crippen LogP contribution is 2.33. The van der Waals surface area contributed by atoms with Crippen molar-refractivity contribution in [1.29, 1.82) is 0 Å². The van der Waals surface area contributed by atoms with Gasteiger partial charge in [-0.2, -0.15) is 0 Å². The van der Waals surface area contributed by atoms with Crippen molar-refractivity contribution >= 4 is 21.8 Å². The molecule has 0 spiro atoms. The molecule has 0 unspecified atom stereocenters. The van der Waals surface area contributed by atoms with Crippen LogP contribution in [0.25, 0.3) is 89.4 Å². The molecule has 0 radical (unpaired) electrons. The van der Waals surface area contributed by atoms with E-state index >= 15 is 0 Å². The van der Waals surface area contributed by atoms with Crippen LogP contribution in [0.15, 0.2) is 182 Å². The first-order valence-electron chi connectivity index (χ1n) is 16.7. The second-order valence-electron chi connectivity index (χ2n) is 12.3. The normalized spacial score (nSPS) is 11.2. The van der Waals surface area contributed by atoms with Crippen LogP contribution in [0.1, 0.15) is 0 Å². The Balaban J connectivity index is 1.13. The summed E-state index contributed by atoms with van der Waals surface area (Å²) in [6.07, 6.45) is 0. The van der Waals surface area contributed by atoms with Crippen LogP contribution in [0, 0.1) is 0 Å². The molecular weight excluding hydrogens is 609 g/mol. The Labute approximate surface area is 290 Å². The zero-order valence-electron chi connectivity index (χ0n) is 27.1. The summed E-state index contributed by atoms with van der Waals surface area (Å²) in [5, 5.41) is 2.12. The Bertz CT molecular complexity index is 2620. The van der Waals surface area contributed by atoms with Gasteiger partial charge in [-0.05, 0) is 35.4 Å². The Morgan fingerprint density at radius 2 is 0.640 bits per heavy atom. The van der Waals surface area contributed by atoms with Gasteiger partial charge in [0.15, 0.2) is 5.82 Å². The number of benzene rings is 6. The van der Waals surface area contributed by atoms with Gasteiger partial charge in [0.1, 0.15) is 0 Å². The largest absolute Gasteiger partial charge is 0.245 e. The van der Waals surface area contributed by atoms with Crippen LogP contribution in [0.3, 0.4) is 0 Å². The minimum Gasteiger partial charge on any atom is -0.245 e. The summed E-state index contributed by atoms with van der Waals surface area (Å²) in [5.74, 6) is 0.682. The predicted molar refractivity (Wildman–Crippen MR) is 205 cm³/mol. The van der Waals surface area contributed by atoms with E-state index in [1.807, 2.05) is 42.5 Å². The van der Waals surface area contributed by atoms with Gasteiger partial charge in [0.2, 0.25) is 0 Å². The van der Waals surface area contributed by atoms with Crippen LogP contribution in [-0.2, 0) is 0 Å². The summed E-state index contributed by atoms with van der Waals surface area (Å²) in [5.41, 5.74) is 12.8. The molecule has 0 atom stereocenters. The van der Waals surface area contributed by atoms with E-state index in [1.54, 1.807) is 0 Å². The van der Waals surface area contributed by atoms with Gasteiger partial charge in [-0.1, -0.05) is 158 Å². The topological polar surface area (TPSA) is 51.6 Å². The molecule has 50 heavy (non-hydrogen) atoms. The third kappa shape index (κ3) is 5.69. The fraction of sp³-hybridized carbons (Fsp3) is 0. The average Bonchev–Trinajstić information content (AvgIpc) is 3.21. The summed E-state index contributed by atoms with van der Waals surface area (Å²) in [4.78, 5) is 20.5. The second kappa shape index (κ2) is 12.7. The zero-order chi connectivity index (χ0) is 33.3. The SMILES string of the molecule is c1ccc(-c2ccc(-c3nc(-c4ccccc4)cc(-c4cccc(-c5ccc6ccc7ccc(-c8ccccc8)nc7c6n5)c4)n3)cc2)cc1. The maximum Gasteiger partial charge on any atom is 0.160 e. The third-order valence-corrected chi connectivity index (χ3v) is 9.09. The van der Waals surface area contributed by atoms with Gasteiger partial charge in [0, 0.05) is 38.6 Å². The van der Waals surface area contributed by atoms with Gasteiger partial charge in [-0.15, -0.1) is 0 Å². The molecule has 0 N–H and O–H groups in total. The molecule has 0 aliphatic rings. The van der Waals surface area contributed by atoms with Crippen molar-refractivity contribution < 1.29 is 0 Å². The van der Waals surface area contributed by atoms with Gasteiger partial charge in [-0.3, -0.25) is 0 Å². The number of hydrogen-bond donors (Lipinski definition) is 0. The number of pyridine rings is 2. The smallest absolute Gasteiger partial charge is 0.160 e. The maximum absolute atomic E-state index is 5.21. The lowest BCUT2D eigenvalue weighted by atomic mass is 10.0. The fourth-order valence-electron chi connectivity index (χ4n) is 6.46. The van der Waals surface area contributed by atoms with Crippen molar-refractivity contribution in [1.82, 2.24) is 19.9 Å². The Hall–Kier alpha value is -6.78. The lowest BCUT2D eigenvalue weighted by Gasteiger charge is -2.11. The van der Waals surface area contributed by atoms with Crippen LogP contribution >= 0.6 is 0 Å². The summed E-state index contributed by atoms with van der Waals surface area (Å²) in [6, 6.07) is 62.6. The van der Waals surface area contributed by atoms with Crippen LogP contribution < -0.4 is 0 Å². The molecule has 4 heteroatoms. The molecule has 9 aromatic rings. The van der Waals surface area contributed by atoms with Crippen LogP contribution in [0.4, 0.5) is 0 Å². The molecule has 9 rings (SSSR count). The number of aromatic nitrogens is 4. The maximum atomic E-state index is 5.21. The molecule has 0 aliphatic carbocycles. The molecule has 0 bridgehead atoms. The molecule has 3 heterocycles. The summed E-state index contributed by atoms with van der Waals surface area (Å²) < 4.78 is 0. The molecule has 0 saturated carbocycles. The molecule has 0 fully saturated rings. The highest BCUT2D eigenvalue weighted by Gasteiger charge is 2.13. The molecule has 6 aromatic carbocycles. The second-order valence-corrected chi connectivity index (χ2v) is 12.3. The monoisotopic (exact) mass is 638 g/mol. The van der Waals surface area contributed by atoms with Crippen molar-refractivity contribution in [2.24, 2.45) is 0 Å². The molecule has 3 aromatic heterocycles. The van der Waals surface area contributed by atoms with E-state index in [9.17, 15) is 0 Å². The predicted octanol–water partition coefficient (Wildman–Crippen LogP) is 11.6. The van der Waals surface area contributed by atoms with E-state index in [0.29, 0.717) is 5.82 Å². The third-order valence-electron chi connectivity index (χ3n) is 9.09. The molecule has 234 valence electrons. The highest BCUT2D eigenvalue weighted by atomic mass is 14.9. The Morgan fingerprint density at radius 3 is 1.22 bits per heavy atom. The quantitative estimate of drug-likeness (QED) is 0.170. The van der Waals surface area contributed by atoms with E-state index in [-0.39, 0.29) is 0 Å². The molecule has 4 nitrogen and oxygen atoms in total. The van der Waals surface area contributed by atoms with Gasteiger partial charge in [-0.25, -0.2) is 19.9 Å². The summed E-state index contributed by atoms with van der Waals surface area (Å²) in [7, 11) is 0. The fourth-order valence-corrected chi connectivity index (χ4v) is 6.46. The average molecular weight is 639 g/mol. The molecule has 0 aliphatic heterocycles. The Morgan fingerprint density at radius 1 is 0.240 bits per heavy atom. The first-order valence-corrected chi connectivity index (χ1v) is 16.7. The first-order chi connectivity index (χ1) is 24.7. The number of nitrogens with zero attached hydrogens (tertiary/aromatic N) is 4. The molecule has 0 saturated heterocycles. The van der Waals surface area contributed by atoms with Crippen molar-refractivity contribution in [3.63, 3.8) is 0 Å². The van der Waals surface area contributed by atoms with Crippen molar-refractivity contribution in [2.75, 3.05) is 0 Å². The lowest BCUT2D eigenvalue weighted by molar-refractivity contribution is 1.18. The molecular formula is C46H30N4. The van der Waals surface area contributed by atoms with Crippen molar-refractivity contribution in [3.8, 4) is 67.5 Å². The minimum atomic E-state index is 0.682. The lowest BCUT2D eigenvalue weighted by Crippen LogP contribution is -1.96. The number of rotatable bonds is 6. The molecule has 0 amide bonds. The zero-order valence-corrected chi connectivity index (χ0v) is 27.1. The first kappa shape index (κ1) is 29.4. The summed E-state index contributed by atoms with van der Waals surface area (Å²) in [6.45, 7) is 0. The van der Waals surface area contributed by atoms with Gasteiger partial charge >= 0.3 is 0 Å². The van der Waals surface area contributed by atoms with Crippen molar-refractivity contribution in [2.45, 2.75) is 0 Å². The van der Waals surface area contributed by atoms with E-state index in [0.717, 1.165) is 78.0 Å². The van der Waals surface area contributed by atoms with Crippen molar-refractivity contribution in [3.05, 3.63) is 182 Å². The van der Waals surface area contributed by atoms with E-state index in [1.165, 1.54) is 5.56 Å². The highest BCUT2D eigenvalue weighted by molar-refractivity contribution is 6.04. The number of fused-ring (bicyclic) bond motifs is 3. The van der Waals surface area contributed by atoms with E-state index in [4.69, 9.17) is 19.9 Å². The summed E-state index contributed by atoms with van der Waals surface area (Å²) >= 11 is 0. The van der Waals surface area contributed by atoms with Gasteiger partial charge in [0.05, 0.1) is 33.8 Å². The van der Waals surface area contributed by atoms with Crippen LogP contribution in [-0.4, -0.2) is 19.9 Å². The van der Waals surface area contributed by atoms with Crippen LogP contribution in [0.5, 0.6) is 0 Å². The standard InChI is InChI=1S/C46H30N4/c1-4-11-31(12-5-1)32-19-23-37(24-20-32)46-49-42(34-15-8-3-9-16-34)30-43(50-46)39-18-10-17-38(29-39)41-28-26-36-22-21-35-25-27-40(33-13-6-2-7-14-33)47-44(35)45(36)48-41/h1-30H. The van der Waals surface area contributed by atoms with E-state index < -0.39 is 0 Å². The Kier molecular flexibility index (Phi) is 7.45. The minimum absolute atomic E-state index is 0.682. The number of hydrogen-bond acceptors (Lipinski definition) is 4. The van der Waals surface area contributed by atoms with E-state index in [2.05, 4.69) is 140 Å². The van der Waals surface area contributed by atoms with Gasteiger partial charge in [0.25, 0.3) is 0 Å². The van der Waals surface area contributed by atoms with Gasteiger partial charge < -0.3 is 0 Å².